The lowest BCUT2D eigenvalue weighted by molar-refractivity contribution is -0.138. The predicted octanol–water partition coefficient (Wildman–Crippen LogP) is 1.57. The number of carbonyl (C=O) groups is 2. The van der Waals surface area contributed by atoms with Crippen LogP contribution in [0.1, 0.15) is 26.3 Å². The Kier molecular flexibility index (Phi) is 6.57. The molecule has 0 fully saturated rings. The number of amides is 2. The summed E-state index contributed by atoms with van der Waals surface area (Å²) in [4.78, 5) is 25.3. The van der Waals surface area contributed by atoms with Gasteiger partial charge in [-0.25, -0.2) is 4.79 Å². The molecule has 1 aromatic carbocycles. The number of ether oxygens (including phenoxy) is 1. The SMILES string of the molecule is CN(C)C(=O)C(O)[C@H](Cc1ccccc1)NC(=O)OC(C)(C)C. The lowest BCUT2D eigenvalue weighted by atomic mass is 10.0. The number of aliphatic hydroxyl groups is 1. The number of aliphatic hydroxyl groups excluding tert-OH is 1. The molecule has 0 aliphatic rings. The first-order valence-corrected chi connectivity index (χ1v) is 7.53. The number of rotatable bonds is 5. The predicted molar refractivity (Wildman–Crippen MR) is 88.0 cm³/mol. The minimum atomic E-state index is -1.35. The standard InChI is InChI=1S/C17H26N2O4/c1-17(2,3)23-16(22)18-13(14(20)15(21)19(4)5)11-12-9-7-6-8-10-12/h6-10,13-14,20H,11H2,1-5H3,(H,18,22)/t13-,14?/m0/s1. The molecule has 2 N–H and O–H groups in total. The van der Waals surface area contributed by atoms with Crippen LogP contribution in [-0.4, -0.2) is 53.8 Å². The quantitative estimate of drug-likeness (QED) is 0.862. The van der Waals surface area contributed by atoms with Gasteiger partial charge in [0.25, 0.3) is 5.91 Å². The fourth-order valence-electron chi connectivity index (χ4n) is 2.01. The normalized spacial score (nSPS) is 13.8. The summed E-state index contributed by atoms with van der Waals surface area (Å²) >= 11 is 0. The maximum absolute atomic E-state index is 12.0. The zero-order valence-electron chi connectivity index (χ0n) is 14.4. The number of alkyl carbamates (subject to hydrolysis) is 1. The lowest BCUT2D eigenvalue weighted by Crippen LogP contribution is -2.52. The summed E-state index contributed by atoms with van der Waals surface area (Å²) in [7, 11) is 3.11. The molecule has 0 saturated carbocycles. The number of carbonyl (C=O) groups excluding carboxylic acids is 2. The molecule has 23 heavy (non-hydrogen) atoms. The van der Waals surface area contributed by atoms with Gasteiger partial charge in [-0.3, -0.25) is 4.79 Å². The van der Waals surface area contributed by atoms with Crippen molar-refractivity contribution in [3.8, 4) is 0 Å². The maximum atomic E-state index is 12.0. The van der Waals surface area contributed by atoms with Crippen molar-refractivity contribution in [2.45, 2.75) is 44.9 Å². The van der Waals surface area contributed by atoms with Crippen LogP contribution in [0.25, 0.3) is 0 Å². The summed E-state index contributed by atoms with van der Waals surface area (Å²) in [5, 5.41) is 12.9. The van der Waals surface area contributed by atoms with Crippen molar-refractivity contribution in [3.05, 3.63) is 35.9 Å². The Bertz CT molecular complexity index is 523. The van der Waals surface area contributed by atoms with E-state index in [0.29, 0.717) is 6.42 Å². The molecule has 0 aliphatic carbocycles. The molecule has 128 valence electrons. The van der Waals surface area contributed by atoms with Crippen LogP contribution >= 0.6 is 0 Å². The zero-order valence-corrected chi connectivity index (χ0v) is 14.4. The van der Waals surface area contributed by atoms with Gasteiger partial charge >= 0.3 is 6.09 Å². The third kappa shape index (κ3) is 6.69. The van der Waals surface area contributed by atoms with Gasteiger partial charge in [0, 0.05) is 14.1 Å². The lowest BCUT2D eigenvalue weighted by Gasteiger charge is -2.27. The highest BCUT2D eigenvalue weighted by molar-refractivity contribution is 5.82. The molecule has 0 bridgehead atoms. The second-order valence-electron chi connectivity index (χ2n) is 6.62. The fraction of sp³-hybridized carbons (Fsp3) is 0.529. The van der Waals surface area contributed by atoms with E-state index in [4.69, 9.17) is 4.74 Å². The van der Waals surface area contributed by atoms with Crippen LogP contribution in [0.4, 0.5) is 4.79 Å². The van der Waals surface area contributed by atoms with Crippen molar-refractivity contribution in [1.82, 2.24) is 10.2 Å². The third-order valence-corrected chi connectivity index (χ3v) is 3.08. The van der Waals surface area contributed by atoms with E-state index in [-0.39, 0.29) is 0 Å². The molecule has 2 amide bonds. The van der Waals surface area contributed by atoms with Crippen LogP contribution in [0, 0.1) is 0 Å². The molecule has 0 radical (unpaired) electrons. The summed E-state index contributed by atoms with van der Waals surface area (Å²) in [5.74, 6) is -0.470. The van der Waals surface area contributed by atoms with Gasteiger partial charge in [-0.05, 0) is 32.8 Å². The molecule has 1 rings (SSSR count). The second kappa shape index (κ2) is 7.97. The summed E-state index contributed by atoms with van der Waals surface area (Å²) in [6.07, 6.45) is -1.69. The minimum Gasteiger partial charge on any atom is -0.444 e. The van der Waals surface area contributed by atoms with Crippen molar-refractivity contribution in [2.24, 2.45) is 0 Å². The molecule has 2 atom stereocenters. The van der Waals surface area contributed by atoms with E-state index in [1.165, 1.54) is 4.90 Å². The number of hydrogen-bond acceptors (Lipinski definition) is 4. The van der Waals surface area contributed by atoms with Gasteiger partial charge in [-0.2, -0.15) is 0 Å². The van der Waals surface area contributed by atoms with Crippen LogP contribution < -0.4 is 5.32 Å². The number of benzene rings is 1. The highest BCUT2D eigenvalue weighted by atomic mass is 16.6. The number of nitrogens with zero attached hydrogens (tertiary/aromatic N) is 1. The minimum absolute atomic E-state index is 0.320. The highest BCUT2D eigenvalue weighted by Crippen LogP contribution is 2.11. The number of nitrogens with one attached hydrogen (secondary N) is 1. The van der Waals surface area contributed by atoms with Crippen LogP contribution in [-0.2, 0) is 16.0 Å². The maximum Gasteiger partial charge on any atom is 0.407 e. The Labute approximate surface area is 137 Å². The van der Waals surface area contributed by atoms with Gasteiger partial charge in [0.05, 0.1) is 6.04 Å². The second-order valence-corrected chi connectivity index (χ2v) is 6.62. The van der Waals surface area contributed by atoms with E-state index in [0.717, 1.165) is 5.56 Å². The Morgan fingerprint density at radius 2 is 1.78 bits per heavy atom. The first-order chi connectivity index (χ1) is 10.6. The molecular weight excluding hydrogens is 296 g/mol. The Hall–Kier alpha value is -2.08. The van der Waals surface area contributed by atoms with Crippen LogP contribution in [0.15, 0.2) is 30.3 Å². The van der Waals surface area contributed by atoms with Crippen molar-refractivity contribution >= 4 is 12.0 Å². The van der Waals surface area contributed by atoms with Crippen molar-refractivity contribution in [1.29, 1.82) is 0 Å². The van der Waals surface area contributed by atoms with Crippen LogP contribution in [0.3, 0.4) is 0 Å². The average Bonchev–Trinajstić information content (AvgIpc) is 2.44. The van der Waals surface area contributed by atoms with E-state index >= 15 is 0 Å². The summed E-state index contributed by atoms with van der Waals surface area (Å²) in [6.45, 7) is 5.25. The van der Waals surface area contributed by atoms with E-state index in [1.807, 2.05) is 30.3 Å². The average molecular weight is 322 g/mol. The van der Waals surface area contributed by atoms with Gasteiger partial charge in [0.1, 0.15) is 5.60 Å². The Morgan fingerprint density at radius 3 is 2.26 bits per heavy atom. The smallest absolute Gasteiger partial charge is 0.407 e. The molecule has 0 aromatic heterocycles. The third-order valence-electron chi connectivity index (χ3n) is 3.08. The van der Waals surface area contributed by atoms with Gasteiger partial charge in [-0.15, -0.1) is 0 Å². The van der Waals surface area contributed by atoms with E-state index < -0.39 is 29.7 Å². The molecular formula is C17H26N2O4. The van der Waals surface area contributed by atoms with Gasteiger partial charge in [0.15, 0.2) is 6.10 Å². The van der Waals surface area contributed by atoms with Crippen molar-refractivity contribution < 1.29 is 19.4 Å². The topological polar surface area (TPSA) is 78.9 Å². The van der Waals surface area contributed by atoms with Crippen molar-refractivity contribution in [2.75, 3.05) is 14.1 Å². The van der Waals surface area contributed by atoms with Crippen LogP contribution in [0.5, 0.6) is 0 Å². The number of hydrogen-bond donors (Lipinski definition) is 2. The molecule has 1 aromatic rings. The van der Waals surface area contributed by atoms with Crippen LogP contribution in [0.2, 0.25) is 0 Å². The summed E-state index contributed by atoms with van der Waals surface area (Å²) in [5.41, 5.74) is 0.247. The molecule has 6 nitrogen and oxygen atoms in total. The molecule has 1 unspecified atom stereocenters. The van der Waals surface area contributed by atoms with Gasteiger partial charge in [0.2, 0.25) is 0 Å². The Morgan fingerprint density at radius 1 is 1.22 bits per heavy atom. The summed E-state index contributed by atoms with van der Waals surface area (Å²) in [6, 6.07) is 8.57. The molecule has 0 aliphatic heterocycles. The first-order valence-electron chi connectivity index (χ1n) is 7.53. The zero-order chi connectivity index (χ0) is 17.6. The van der Waals surface area contributed by atoms with Gasteiger partial charge < -0.3 is 20.1 Å². The molecule has 0 spiro atoms. The monoisotopic (exact) mass is 322 g/mol. The van der Waals surface area contributed by atoms with E-state index in [2.05, 4.69) is 5.32 Å². The molecule has 0 saturated heterocycles. The van der Waals surface area contributed by atoms with Gasteiger partial charge in [-0.1, -0.05) is 30.3 Å². The largest absolute Gasteiger partial charge is 0.444 e. The Balaban J connectivity index is 2.88. The first kappa shape index (κ1) is 19.0. The molecule has 0 heterocycles. The van der Waals surface area contributed by atoms with Crippen molar-refractivity contribution in [3.63, 3.8) is 0 Å². The van der Waals surface area contributed by atoms with E-state index in [1.54, 1.807) is 34.9 Å². The number of likely N-dealkylation sites (N-methyl/N-ethyl adjacent to an activating group) is 1. The molecule has 6 heteroatoms. The highest BCUT2D eigenvalue weighted by Gasteiger charge is 2.30. The fourth-order valence-corrected chi connectivity index (χ4v) is 2.01. The van der Waals surface area contributed by atoms with E-state index in [9.17, 15) is 14.7 Å². The summed E-state index contributed by atoms with van der Waals surface area (Å²) < 4.78 is 5.21.